The van der Waals surface area contributed by atoms with Crippen molar-refractivity contribution in [3.05, 3.63) is 22.8 Å². The maximum absolute atomic E-state index is 10.7. The third-order valence-electron chi connectivity index (χ3n) is 4.08. The Hall–Kier alpha value is -1.05. The monoisotopic (exact) mass is 264 g/mol. The second-order valence-corrected chi connectivity index (χ2v) is 6.37. The van der Waals surface area contributed by atoms with Gasteiger partial charge in [-0.1, -0.05) is 31.1 Å². The fourth-order valence-electron chi connectivity index (χ4n) is 2.96. The molecule has 0 radical (unpaired) electrons. The number of allylic oxidation sites excluding steroid dienone is 3. The Morgan fingerprint density at radius 1 is 1.37 bits per heavy atom. The van der Waals surface area contributed by atoms with Crippen molar-refractivity contribution in [2.45, 2.75) is 66.7 Å². The Balaban J connectivity index is 2.51. The van der Waals surface area contributed by atoms with Crippen LogP contribution in [0.2, 0.25) is 0 Å². The minimum Gasteiger partial charge on any atom is -0.461 e. The predicted molar refractivity (Wildman–Crippen MR) is 80.0 cm³/mol. The summed E-state index contributed by atoms with van der Waals surface area (Å²) in [5, 5.41) is 0. The van der Waals surface area contributed by atoms with Crippen LogP contribution in [0.3, 0.4) is 0 Å². The summed E-state index contributed by atoms with van der Waals surface area (Å²) in [6.45, 7) is 10.9. The summed E-state index contributed by atoms with van der Waals surface area (Å²) in [5.74, 6) is -0.209. The first-order valence-corrected chi connectivity index (χ1v) is 7.31. The highest BCUT2D eigenvalue weighted by atomic mass is 16.5. The van der Waals surface area contributed by atoms with Gasteiger partial charge in [0.15, 0.2) is 0 Å². The second kappa shape index (κ2) is 6.93. The van der Waals surface area contributed by atoms with Crippen molar-refractivity contribution in [1.82, 2.24) is 0 Å². The van der Waals surface area contributed by atoms with E-state index in [0.29, 0.717) is 12.0 Å². The van der Waals surface area contributed by atoms with Gasteiger partial charge in [-0.05, 0) is 56.9 Å². The van der Waals surface area contributed by atoms with Gasteiger partial charge in [0.2, 0.25) is 0 Å². The third-order valence-corrected chi connectivity index (χ3v) is 4.08. The van der Waals surface area contributed by atoms with Gasteiger partial charge in [0, 0.05) is 6.92 Å². The molecule has 0 aromatic rings. The van der Waals surface area contributed by atoms with E-state index in [4.69, 9.17) is 4.74 Å². The Kier molecular flexibility index (Phi) is 5.84. The lowest BCUT2D eigenvalue weighted by Gasteiger charge is -2.34. The van der Waals surface area contributed by atoms with Gasteiger partial charge >= 0.3 is 5.97 Å². The van der Waals surface area contributed by atoms with Crippen LogP contribution < -0.4 is 0 Å². The molecule has 1 aliphatic carbocycles. The van der Waals surface area contributed by atoms with E-state index in [1.807, 2.05) is 6.92 Å². The molecule has 0 bridgehead atoms. The molecule has 0 atom stereocenters. The zero-order valence-electron chi connectivity index (χ0n) is 13.1. The lowest BCUT2D eigenvalue weighted by molar-refractivity contribution is -0.139. The van der Waals surface area contributed by atoms with E-state index >= 15 is 0 Å². The van der Waals surface area contributed by atoms with Crippen LogP contribution in [0.5, 0.6) is 0 Å². The quantitative estimate of drug-likeness (QED) is 0.526. The number of esters is 1. The highest BCUT2D eigenvalue weighted by Gasteiger charge is 2.27. The Morgan fingerprint density at radius 2 is 2.05 bits per heavy atom. The number of rotatable bonds is 5. The number of carbonyl (C=O) groups excluding carboxylic acids is 1. The molecule has 0 aromatic carbocycles. The van der Waals surface area contributed by atoms with Crippen LogP contribution in [0.1, 0.15) is 66.7 Å². The van der Waals surface area contributed by atoms with Crippen LogP contribution in [0, 0.1) is 5.41 Å². The highest BCUT2D eigenvalue weighted by molar-refractivity contribution is 5.66. The molecule has 0 N–H and O–H groups in total. The van der Waals surface area contributed by atoms with E-state index in [9.17, 15) is 4.79 Å². The molecule has 19 heavy (non-hydrogen) atoms. The molecule has 1 aliphatic rings. The van der Waals surface area contributed by atoms with E-state index in [-0.39, 0.29) is 5.97 Å². The van der Waals surface area contributed by atoms with Crippen LogP contribution >= 0.6 is 0 Å². The van der Waals surface area contributed by atoms with Gasteiger partial charge in [0.25, 0.3) is 0 Å². The van der Waals surface area contributed by atoms with E-state index in [1.54, 1.807) is 11.1 Å². The van der Waals surface area contributed by atoms with Crippen LogP contribution in [0.15, 0.2) is 22.8 Å². The van der Waals surface area contributed by atoms with Crippen molar-refractivity contribution < 1.29 is 9.53 Å². The minimum atomic E-state index is -0.209. The summed E-state index contributed by atoms with van der Waals surface area (Å²) >= 11 is 0. The lowest BCUT2D eigenvalue weighted by Crippen LogP contribution is -2.20. The molecule has 0 fully saturated rings. The van der Waals surface area contributed by atoms with E-state index in [0.717, 1.165) is 18.4 Å². The zero-order valence-corrected chi connectivity index (χ0v) is 13.1. The maximum atomic E-state index is 10.7. The summed E-state index contributed by atoms with van der Waals surface area (Å²) in [7, 11) is 0. The summed E-state index contributed by atoms with van der Waals surface area (Å²) in [4.78, 5) is 10.7. The number of hydrogen-bond acceptors (Lipinski definition) is 2. The summed E-state index contributed by atoms with van der Waals surface area (Å²) in [5.41, 5.74) is 4.72. The van der Waals surface area contributed by atoms with Gasteiger partial charge in [-0.3, -0.25) is 4.79 Å². The Bertz CT molecular complexity index is 386. The average Bonchev–Trinajstić information content (AvgIpc) is 2.30. The number of ether oxygens (including phenoxy) is 1. The van der Waals surface area contributed by atoms with Crippen molar-refractivity contribution in [2.24, 2.45) is 5.41 Å². The van der Waals surface area contributed by atoms with Crippen molar-refractivity contribution in [3.63, 3.8) is 0 Å². The highest BCUT2D eigenvalue weighted by Crippen LogP contribution is 2.42. The van der Waals surface area contributed by atoms with Gasteiger partial charge in [-0.15, -0.1) is 0 Å². The smallest absolute Gasteiger partial charge is 0.302 e. The SMILES string of the molecule is CC(=O)OC/C(C)=C/CCC1=C(C)CCCC1(C)C. The van der Waals surface area contributed by atoms with E-state index < -0.39 is 0 Å². The standard InChI is InChI=1S/C17H28O2/c1-13(12-19-15(3)18)8-6-10-16-14(2)9-7-11-17(16,4)5/h8H,6-7,9-12H2,1-5H3/b13-8+. The first-order valence-electron chi connectivity index (χ1n) is 7.31. The van der Waals surface area contributed by atoms with Gasteiger partial charge in [0.1, 0.15) is 6.61 Å². The Labute approximate surface area is 117 Å². The molecule has 0 spiro atoms. The normalized spacial score (nSPS) is 19.5. The predicted octanol–water partition coefficient (Wildman–Crippen LogP) is 4.80. The van der Waals surface area contributed by atoms with Gasteiger partial charge in [-0.2, -0.15) is 0 Å². The molecule has 0 amide bonds. The zero-order chi connectivity index (χ0) is 14.5. The van der Waals surface area contributed by atoms with Gasteiger partial charge in [0.05, 0.1) is 0 Å². The average molecular weight is 264 g/mol. The van der Waals surface area contributed by atoms with Crippen molar-refractivity contribution in [2.75, 3.05) is 6.61 Å². The molecule has 0 saturated carbocycles. The van der Waals surface area contributed by atoms with Crippen LogP contribution in [-0.4, -0.2) is 12.6 Å². The van der Waals surface area contributed by atoms with Crippen molar-refractivity contribution in [1.29, 1.82) is 0 Å². The largest absolute Gasteiger partial charge is 0.461 e. The number of hydrogen-bond donors (Lipinski definition) is 0. The fourth-order valence-corrected chi connectivity index (χ4v) is 2.96. The molecule has 0 saturated heterocycles. The first kappa shape index (κ1) is 16.0. The second-order valence-electron chi connectivity index (χ2n) is 6.37. The summed E-state index contributed by atoms with van der Waals surface area (Å²) < 4.78 is 4.99. The van der Waals surface area contributed by atoms with Gasteiger partial charge < -0.3 is 4.74 Å². The molecule has 2 heteroatoms. The molecular formula is C17H28O2. The van der Waals surface area contributed by atoms with Crippen LogP contribution in [0.25, 0.3) is 0 Å². The number of carbonyl (C=O) groups is 1. The molecule has 0 unspecified atom stereocenters. The Morgan fingerprint density at radius 3 is 2.63 bits per heavy atom. The van der Waals surface area contributed by atoms with E-state index in [2.05, 4.69) is 26.8 Å². The third kappa shape index (κ3) is 5.22. The molecule has 1 rings (SSSR count). The minimum absolute atomic E-state index is 0.209. The topological polar surface area (TPSA) is 26.3 Å². The van der Waals surface area contributed by atoms with Crippen molar-refractivity contribution >= 4 is 5.97 Å². The summed E-state index contributed by atoms with van der Waals surface area (Å²) in [6, 6.07) is 0. The molecule has 2 nitrogen and oxygen atoms in total. The van der Waals surface area contributed by atoms with Gasteiger partial charge in [-0.25, -0.2) is 0 Å². The molecular weight excluding hydrogens is 236 g/mol. The molecule has 0 aromatic heterocycles. The lowest BCUT2D eigenvalue weighted by atomic mass is 9.71. The molecule has 108 valence electrons. The molecule has 0 aliphatic heterocycles. The van der Waals surface area contributed by atoms with Crippen LogP contribution in [0.4, 0.5) is 0 Å². The fraction of sp³-hybridized carbons (Fsp3) is 0.706. The van der Waals surface area contributed by atoms with E-state index in [1.165, 1.54) is 26.2 Å². The summed E-state index contributed by atoms with van der Waals surface area (Å²) in [6.07, 6.45) is 8.27. The van der Waals surface area contributed by atoms with Crippen molar-refractivity contribution in [3.8, 4) is 0 Å². The first-order chi connectivity index (χ1) is 8.83. The maximum Gasteiger partial charge on any atom is 0.302 e. The molecule has 0 heterocycles. The van der Waals surface area contributed by atoms with Crippen LogP contribution in [-0.2, 0) is 9.53 Å².